The van der Waals surface area contributed by atoms with Crippen LogP contribution in [-0.4, -0.2) is 0 Å². The molecule has 0 saturated heterocycles. The normalized spacial score (nSPS) is 14.7. The van der Waals surface area contributed by atoms with Crippen molar-refractivity contribution < 1.29 is 4.42 Å². The van der Waals surface area contributed by atoms with Crippen LogP contribution in [0.15, 0.2) is 34.9 Å². The molecule has 1 aromatic heterocycles. The van der Waals surface area contributed by atoms with Crippen LogP contribution >= 0.6 is 0 Å². The van der Waals surface area contributed by atoms with E-state index in [0.29, 0.717) is 0 Å². The third-order valence-corrected chi connectivity index (χ3v) is 4.04. The fraction of sp³-hybridized carbons (Fsp3) is 0.529. The molecule has 2 N–H and O–H groups in total. The molecule has 2 aromatic rings. The first kappa shape index (κ1) is 14.1. The largest absolute Gasteiger partial charge is 0.464 e. The van der Waals surface area contributed by atoms with E-state index in [1.54, 1.807) is 0 Å². The maximum Gasteiger partial charge on any atom is 0.134 e. The maximum atomic E-state index is 6.39. The molecule has 0 aliphatic heterocycles. The van der Waals surface area contributed by atoms with Gasteiger partial charge in [-0.05, 0) is 18.4 Å². The summed E-state index contributed by atoms with van der Waals surface area (Å²) < 4.78 is 5.59. The van der Waals surface area contributed by atoms with Gasteiger partial charge < -0.3 is 10.2 Å². The summed E-state index contributed by atoms with van der Waals surface area (Å²) in [5, 5.41) is 1.17. The molecule has 0 fully saturated rings. The number of unbranched alkanes of at least 4 members (excludes halogenated alkanes) is 1. The summed E-state index contributed by atoms with van der Waals surface area (Å²) in [7, 11) is 0. The molecule has 0 saturated carbocycles. The van der Waals surface area contributed by atoms with E-state index in [0.717, 1.165) is 23.5 Å². The minimum atomic E-state index is 0.0884. The second kappa shape index (κ2) is 6.76. The van der Waals surface area contributed by atoms with Crippen molar-refractivity contribution >= 4 is 11.0 Å². The molecular formula is C17H25NO. The van der Waals surface area contributed by atoms with Crippen LogP contribution in [0.4, 0.5) is 0 Å². The molecule has 1 aromatic carbocycles. The van der Waals surface area contributed by atoms with Crippen LogP contribution in [0.25, 0.3) is 11.0 Å². The zero-order valence-corrected chi connectivity index (χ0v) is 12.1. The van der Waals surface area contributed by atoms with Crippen molar-refractivity contribution in [2.45, 2.75) is 52.0 Å². The number of rotatable bonds is 7. The van der Waals surface area contributed by atoms with Gasteiger partial charge >= 0.3 is 0 Å². The number of nitrogens with two attached hydrogens (primary N) is 1. The average molecular weight is 259 g/mol. The van der Waals surface area contributed by atoms with Crippen LogP contribution in [0.1, 0.15) is 57.6 Å². The van der Waals surface area contributed by atoms with Gasteiger partial charge in [-0.3, -0.25) is 0 Å². The Balaban J connectivity index is 2.08. The van der Waals surface area contributed by atoms with Crippen LogP contribution in [0.3, 0.4) is 0 Å². The third kappa shape index (κ3) is 3.38. The van der Waals surface area contributed by atoms with Crippen LogP contribution in [-0.2, 0) is 0 Å². The van der Waals surface area contributed by atoms with E-state index in [1.807, 2.05) is 24.5 Å². The Labute approximate surface area is 116 Å². The van der Waals surface area contributed by atoms with Crippen LogP contribution in [0.5, 0.6) is 0 Å². The summed E-state index contributed by atoms with van der Waals surface area (Å²) in [6.45, 7) is 4.51. The number of fused-ring (bicyclic) bond motifs is 1. The molecule has 2 nitrogen and oxygen atoms in total. The lowest BCUT2D eigenvalue weighted by atomic mass is 9.89. The standard InChI is InChI=1S/C17H25NO/c1-3-5-8-13(4-2)11-16(18)15-12-19-17-10-7-6-9-14(15)17/h6-7,9-10,12-13,16H,3-5,8,11,18H2,1-2H3. The number of benzene rings is 1. The van der Waals surface area contributed by atoms with E-state index < -0.39 is 0 Å². The zero-order valence-electron chi connectivity index (χ0n) is 12.1. The second-order valence-corrected chi connectivity index (χ2v) is 5.45. The number of hydrogen-bond acceptors (Lipinski definition) is 2. The fourth-order valence-corrected chi connectivity index (χ4v) is 2.75. The van der Waals surface area contributed by atoms with Gasteiger partial charge in [0.1, 0.15) is 5.58 Å². The highest BCUT2D eigenvalue weighted by Gasteiger charge is 2.17. The van der Waals surface area contributed by atoms with Gasteiger partial charge in [-0.2, -0.15) is 0 Å². The Morgan fingerprint density at radius 3 is 2.74 bits per heavy atom. The van der Waals surface area contributed by atoms with Gasteiger partial charge in [0.25, 0.3) is 0 Å². The zero-order chi connectivity index (χ0) is 13.7. The third-order valence-electron chi connectivity index (χ3n) is 4.04. The lowest BCUT2D eigenvalue weighted by Crippen LogP contribution is -2.15. The van der Waals surface area contributed by atoms with Crippen molar-refractivity contribution in [1.29, 1.82) is 0 Å². The highest BCUT2D eigenvalue weighted by Crippen LogP contribution is 2.30. The summed E-state index contributed by atoms with van der Waals surface area (Å²) in [5.74, 6) is 0.726. The van der Waals surface area contributed by atoms with Crippen LogP contribution in [0.2, 0.25) is 0 Å². The molecule has 0 spiro atoms. The van der Waals surface area contributed by atoms with E-state index in [4.69, 9.17) is 10.2 Å². The van der Waals surface area contributed by atoms with Gasteiger partial charge in [-0.25, -0.2) is 0 Å². The van der Waals surface area contributed by atoms with Crippen molar-refractivity contribution in [3.63, 3.8) is 0 Å². The molecular weight excluding hydrogens is 234 g/mol. The predicted molar refractivity (Wildman–Crippen MR) is 81.1 cm³/mol. The molecule has 104 valence electrons. The van der Waals surface area contributed by atoms with Gasteiger partial charge in [-0.1, -0.05) is 57.7 Å². The molecule has 2 heteroatoms. The quantitative estimate of drug-likeness (QED) is 0.756. The van der Waals surface area contributed by atoms with Crippen molar-refractivity contribution in [2.24, 2.45) is 11.7 Å². The number of hydrogen-bond donors (Lipinski definition) is 1. The molecule has 1 heterocycles. The second-order valence-electron chi connectivity index (χ2n) is 5.45. The van der Waals surface area contributed by atoms with Gasteiger partial charge in [0.05, 0.1) is 6.26 Å². The van der Waals surface area contributed by atoms with Gasteiger partial charge in [0.15, 0.2) is 0 Å². The van der Waals surface area contributed by atoms with Gasteiger partial charge in [0, 0.05) is 17.0 Å². The summed E-state index contributed by atoms with van der Waals surface area (Å²) >= 11 is 0. The summed E-state index contributed by atoms with van der Waals surface area (Å²) in [4.78, 5) is 0. The van der Waals surface area contributed by atoms with Crippen LogP contribution in [0, 0.1) is 5.92 Å². The minimum Gasteiger partial charge on any atom is -0.464 e. The average Bonchev–Trinajstić information content (AvgIpc) is 2.87. The Hall–Kier alpha value is -1.28. The lowest BCUT2D eigenvalue weighted by Gasteiger charge is -2.19. The van der Waals surface area contributed by atoms with Crippen LogP contribution < -0.4 is 5.73 Å². The molecule has 0 bridgehead atoms. The van der Waals surface area contributed by atoms with Crippen molar-refractivity contribution in [1.82, 2.24) is 0 Å². The summed E-state index contributed by atoms with van der Waals surface area (Å²) in [5.41, 5.74) is 8.49. The molecule has 0 aliphatic carbocycles. The monoisotopic (exact) mass is 259 g/mol. The molecule has 2 rings (SSSR count). The van der Waals surface area contributed by atoms with Gasteiger partial charge in [-0.15, -0.1) is 0 Å². The lowest BCUT2D eigenvalue weighted by molar-refractivity contribution is 0.388. The highest BCUT2D eigenvalue weighted by atomic mass is 16.3. The first-order valence-electron chi connectivity index (χ1n) is 7.48. The van der Waals surface area contributed by atoms with E-state index in [2.05, 4.69) is 19.9 Å². The smallest absolute Gasteiger partial charge is 0.134 e. The minimum absolute atomic E-state index is 0.0884. The number of para-hydroxylation sites is 1. The van der Waals surface area contributed by atoms with Crippen molar-refractivity contribution in [2.75, 3.05) is 0 Å². The predicted octanol–water partition coefficient (Wildman–Crippen LogP) is 5.04. The molecule has 2 unspecified atom stereocenters. The van der Waals surface area contributed by atoms with E-state index in [1.165, 1.54) is 31.1 Å². The van der Waals surface area contributed by atoms with Crippen molar-refractivity contribution in [3.05, 3.63) is 36.1 Å². The summed E-state index contributed by atoms with van der Waals surface area (Å²) in [6.07, 6.45) is 7.96. The Bertz CT molecular complexity index is 503. The van der Waals surface area contributed by atoms with Gasteiger partial charge in [0.2, 0.25) is 0 Å². The van der Waals surface area contributed by atoms with E-state index >= 15 is 0 Å². The Morgan fingerprint density at radius 2 is 2.00 bits per heavy atom. The summed E-state index contributed by atoms with van der Waals surface area (Å²) in [6, 6.07) is 8.23. The highest BCUT2D eigenvalue weighted by molar-refractivity contribution is 5.81. The Morgan fingerprint density at radius 1 is 1.21 bits per heavy atom. The SMILES string of the molecule is CCCCC(CC)CC(N)c1coc2ccccc12. The van der Waals surface area contributed by atoms with E-state index in [-0.39, 0.29) is 6.04 Å². The molecule has 0 aliphatic rings. The van der Waals surface area contributed by atoms with Crippen molar-refractivity contribution in [3.8, 4) is 0 Å². The number of furan rings is 1. The fourth-order valence-electron chi connectivity index (χ4n) is 2.75. The molecule has 2 atom stereocenters. The van der Waals surface area contributed by atoms with E-state index in [9.17, 15) is 0 Å². The molecule has 19 heavy (non-hydrogen) atoms. The topological polar surface area (TPSA) is 39.2 Å². The first-order valence-corrected chi connectivity index (χ1v) is 7.48. The Kier molecular flexibility index (Phi) is 5.03. The first-order chi connectivity index (χ1) is 9.26. The molecule has 0 radical (unpaired) electrons. The molecule has 0 amide bonds. The maximum absolute atomic E-state index is 6.39.